The molecule has 0 spiro atoms. The summed E-state index contributed by atoms with van der Waals surface area (Å²) in [6, 6.07) is 3.64. The van der Waals surface area contributed by atoms with Crippen molar-refractivity contribution in [3.63, 3.8) is 0 Å². The Labute approximate surface area is 192 Å². The first-order valence-electron chi connectivity index (χ1n) is 10.2. The zero-order valence-electron chi connectivity index (χ0n) is 18.4. The Hall–Kier alpha value is -3.07. The number of nitrogens with one attached hydrogen (secondary N) is 2. The van der Waals surface area contributed by atoms with Gasteiger partial charge in [-0.2, -0.15) is 0 Å². The molecule has 0 saturated carbocycles. The molecule has 1 aromatic rings. The lowest BCUT2D eigenvalue weighted by atomic mass is 10.2. The van der Waals surface area contributed by atoms with Gasteiger partial charge in [-0.15, -0.1) is 0 Å². The first kappa shape index (κ1) is 25.2. The molecular formula is C22H28ClN3O6. The number of ether oxygens (including phenoxy) is 2. The normalized spacial score (nSPS) is 15.6. The van der Waals surface area contributed by atoms with Crippen molar-refractivity contribution in [3.8, 4) is 0 Å². The Balaban J connectivity index is 1.93. The fraction of sp³-hybridized carbons (Fsp3) is 0.455. The molecule has 1 saturated heterocycles. The van der Waals surface area contributed by atoms with Gasteiger partial charge in [0.1, 0.15) is 18.2 Å². The summed E-state index contributed by atoms with van der Waals surface area (Å²) in [6.07, 6.45) is 1.97. The van der Waals surface area contributed by atoms with Crippen LogP contribution in [0.5, 0.6) is 0 Å². The van der Waals surface area contributed by atoms with E-state index < -0.39 is 29.6 Å². The molecule has 1 aliphatic heterocycles. The number of likely N-dealkylation sites (tertiary alicyclic amines) is 1. The number of hydrogen-bond donors (Lipinski definition) is 2. The zero-order valence-corrected chi connectivity index (χ0v) is 19.2. The Kier molecular flexibility index (Phi) is 8.65. The standard InChI is InChI=1S/C22H28ClN3O6/c1-5-11-31-20(29)17-7-6-10-26(17)18(27)13-24-19(28)14-8-9-16(15(23)12-14)25-21(30)32-22(2,3)4/h5,8-9,12,17H,1,6-7,10-11,13H2,2-4H3,(H,24,28)(H,25,30)/t17-/m1/s1. The van der Waals surface area contributed by atoms with Gasteiger partial charge in [0.2, 0.25) is 5.91 Å². The Bertz CT molecular complexity index is 896. The molecule has 1 aliphatic rings. The molecule has 2 rings (SSSR count). The number of hydrogen-bond acceptors (Lipinski definition) is 6. The van der Waals surface area contributed by atoms with Crippen molar-refractivity contribution < 1.29 is 28.7 Å². The molecule has 2 N–H and O–H groups in total. The van der Waals surface area contributed by atoms with E-state index in [2.05, 4.69) is 17.2 Å². The molecule has 9 nitrogen and oxygen atoms in total. The van der Waals surface area contributed by atoms with E-state index in [0.29, 0.717) is 19.4 Å². The number of carbonyl (C=O) groups excluding carboxylic acids is 4. The predicted octanol–water partition coefficient (Wildman–Crippen LogP) is 3.14. The molecule has 0 aliphatic carbocycles. The zero-order chi connectivity index (χ0) is 23.9. The van der Waals surface area contributed by atoms with Crippen LogP contribution >= 0.6 is 11.6 Å². The first-order valence-corrected chi connectivity index (χ1v) is 10.5. The molecule has 10 heteroatoms. The lowest BCUT2D eigenvalue weighted by molar-refractivity contribution is -0.152. The lowest BCUT2D eigenvalue weighted by Gasteiger charge is -2.23. The van der Waals surface area contributed by atoms with Crippen LogP contribution < -0.4 is 10.6 Å². The van der Waals surface area contributed by atoms with E-state index in [0.717, 1.165) is 0 Å². The third kappa shape index (κ3) is 7.26. The van der Waals surface area contributed by atoms with Gasteiger partial charge in [0, 0.05) is 12.1 Å². The second-order valence-corrected chi connectivity index (χ2v) is 8.58. The molecule has 32 heavy (non-hydrogen) atoms. The lowest BCUT2D eigenvalue weighted by Crippen LogP contribution is -2.46. The van der Waals surface area contributed by atoms with Gasteiger partial charge in [-0.05, 0) is 51.8 Å². The van der Waals surface area contributed by atoms with Crippen LogP contribution in [0.25, 0.3) is 0 Å². The van der Waals surface area contributed by atoms with Gasteiger partial charge in [-0.25, -0.2) is 9.59 Å². The number of carbonyl (C=O) groups is 4. The number of halogens is 1. The molecular weight excluding hydrogens is 438 g/mol. The van der Waals surface area contributed by atoms with Crippen LogP contribution in [-0.4, -0.2) is 60.1 Å². The number of rotatable bonds is 7. The summed E-state index contributed by atoms with van der Waals surface area (Å²) in [4.78, 5) is 50.4. The quantitative estimate of drug-likeness (QED) is 0.472. The van der Waals surface area contributed by atoms with E-state index in [1.807, 2.05) is 0 Å². The van der Waals surface area contributed by atoms with Gasteiger partial charge in [0.25, 0.3) is 5.91 Å². The molecule has 0 radical (unpaired) electrons. The van der Waals surface area contributed by atoms with Gasteiger partial charge < -0.3 is 19.7 Å². The minimum atomic E-state index is -0.672. The van der Waals surface area contributed by atoms with E-state index >= 15 is 0 Å². The van der Waals surface area contributed by atoms with Crippen LogP contribution in [0.3, 0.4) is 0 Å². The van der Waals surface area contributed by atoms with Gasteiger partial charge in [-0.3, -0.25) is 14.9 Å². The van der Waals surface area contributed by atoms with E-state index in [-0.39, 0.29) is 35.3 Å². The highest BCUT2D eigenvalue weighted by Crippen LogP contribution is 2.24. The van der Waals surface area contributed by atoms with Gasteiger partial charge in [-0.1, -0.05) is 24.3 Å². The summed E-state index contributed by atoms with van der Waals surface area (Å²) in [6.45, 7) is 8.90. The maximum absolute atomic E-state index is 12.5. The fourth-order valence-electron chi connectivity index (χ4n) is 3.08. The average Bonchev–Trinajstić information content (AvgIpc) is 3.20. The summed E-state index contributed by atoms with van der Waals surface area (Å²) in [5.41, 5.74) is -0.174. The number of esters is 1. The summed E-state index contributed by atoms with van der Waals surface area (Å²) in [5, 5.41) is 5.18. The highest BCUT2D eigenvalue weighted by atomic mass is 35.5. The van der Waals surface area contributed by atoms with E-state index in [1.54, 1.807) is 20.8 Å². The van der Waals surface area contributed by atoms with Gasteiger partial charge >= 0.3 is 12.1 Å². The maximum atomic E-state index is 12.5. The summed E-state index contributed by atoms with van der Waals surface area (Å²) in [5.74, 6) is -1.39. The molecule has 1 atom stereocenters. The molecule has 0 unspecified atom stereocenters. The van der Waals surface area contributed by atoms with Crippen LogP contribution in [0, 0.1) is 0 Å². The third-order valence-corrected chi connectivity index (χ3v) is 4.77. The van der Waals surface area contributed by atoms with Crippen molar-refractivity contribution in [1.82, 2.24) is 10.2 Å². The SMILES string of the molecule is C=CCOC(=O)[C@H]1CCCN1C(=O)CNC(=O)c1ccc(NC(=O)OC(C)(C)C)c(Cl)c1. The topological polar surface area (TPSA) is 114 Å². The van der Waals surface area contributed by atoms with Crippen molar-refractivity contribution in [1.29, 1.82) is 0 Å². The van der Waals surface area contributed by atoms with Crippen LogP contribution in [0.1, 0.15) is 44.0 Å². The second-order valence-electron chi connectivity index (χ2n) is 8.17. The summed E-state index contributed by atoms with van der Waals surface area (Å²) >= 11 is 6.17. The second kappa shape index (κ2) is 11.0. The predicted molar refractivity (Wildman–Crippen MR) is 120 cm³/mol. The molecule has 0 aromatic heterocycles. The van der Waals surface area contributed by atoms with Gasteiger partial charge in [0.15, 0.2) is 0 Å². The minimum absolute atomic E-state index is 0.0770. The monoisotopic (exact) mass is 465 g/mol. The van der Waals surface area contributed by atoms with E-state index in [1.165, 1.54) is 29.2 Å². The minimum Gasteiger partial charge on any atom is -0.460 e. The molecule has 1 aromatic carbocycles. The fourth-order valence-corrected chi connectivity index (χ4v) is 3.31. The van der Waals surface area contributed by atoms with Crippen molar-refractivity contribution in [2.45, 2.75) is 45.3 Å². The van der Waals surface area contributed by atoms with E-state index in [4.69, 9.17) is 21.1 Å². The van der Waals surface area contributed by atoms with Crippen molar-refractivity contribution in [2.24, 2.45) is 0 Å². The van der Waals surface area contributed by atoms with Crippen LogP contribution in [0.4, 0.5) is 10.5 Å². The molecule has 0 bridgehead atoms. The Morgan fingerprint density at radius 3 is 2.62 bits per heavy atom. The highest BCUT2D eigenvalue weighted by molar-refractivity contribution is 6.34. The highest BCUT2D eigenvalue weighted by Gasteiger charge is 2.35. The van der Waals surface area contributed by atoms with Crippen LogP contribution in [0.15, 0.2) is 30.9 Å². The van der Waals surface area contributed by atoms with Crippen LogP contribution in [-0.2, 0) is 19.1 Å². The Morgan fingerprint density at radius 1 is 1.28 bits per heavy atom. The average molecular weight is 466 g/mol. The number of anilines is 1. The van der Waals surface area contributed by atoms with Crippen molar-refractivity contribution in [2.75, 3.05) is 25.0 Å². The molecule has 1 fully saturated rings. The first-order chi connectivity index (χ1) is 15.0. The third-order valence-electron chi connectivity index (χ3n) is 4.46. The Morgan fingerprint density at radius 2 is 2.00 bits per heavy atom. The smallest absolute Gasteiger partial charge is 0.412 e. The van der Waals surface area contributed by atoms with Gasteiger partial charge in [0.05, 0.1) is 17.3 Å². The number of benzene rings is 1. The summed E-state index contributed by atoms with van der Waals surface area (Å²) in [7, 11) is 0. The van der Waals surface area contributed by atoms with Crippen molar-refractivity contribution in [3.05, 3.63) is 41.4 Å². The number of nitrogens with zero attached hydrogens (tertiary/aromatic N) is 1. The summed E-state index contributed by atoms with van der Waals surface area (Å²) < 4.78 is 10.2. The molecule has 3 amide bonds. The van der Waals surface area contributed by atoms with E-state index in [9.17, 15) is 19.2 Å². The number of amides is 3. The molecule has 1 heterocycles. The van der Waals surface area contributed by atoms with Crippen molar-refractivity contribution >= 4 is 41.2 Å². The largest absolute Gasteiger partial charge is 0.460 e. The van der Waals surface area contributed by atoms with Crippen LogP contribution in [0.2, 0.25) is 5.02 Å². The maximum Gasteiger partial charge on any atom is 0.412 e. The molecule has 174 valence electrons.